The van der Waals surface area contributed by atoms with Gasteiger partial charge in [-0.1, -0.05) is 31.2 Å². The molecule has 110 valence electrons. The van der Waals surface area contributed by atoms with Crippen LogP contribution in [0.25, 0.3) is 11.0 Å². The fourth-order valence-corrected chi connectivity index (χ4v) is 3.47. The van der Waals surface area contributed by atoms with Gasteiger partial charge >= 0.3 is 0 Å². The third-order valence-corrected chi connectivity index (χ3v) is 5.39. The van der Waals surface area contributed by atoms with Crippen LogP contribution >= 0.6 is 39.1 Å². The van der Waals surface area contributed by atoms with Crippen molar-refractivity contribution in [2.75, 3.05) is 6.61 Å². The third kappa shape index (κ3) is 3.91. The van der Waals surface area contributed by atoms with Crippen LogP contribution in [0.4, 0.5) is 0 Å². The van der Waals surface area contributed by atoms with Gasteiger partial charge < -0.3 is 4.74 Å². The maximum Gasteiger partial charge on any atom is 0.225 e. The second kappa shape index (κ2) is 6.27. The zero-order valence-corrected chi connectivity index (χ0v) is 15.6. The quantitative estimate of drug-likeness (QED) is 0.328. The number of fused-ring (bicyclic) bond motifs is 1. The molecule has 0 aliphatic heterocycles. The molecule has 2 aromatic rings. The molecule has 2 heterocycles. The molecule has 0 spiro atoms. The molecule has 0 aliphatic rings. The highest BCUT2D eigenvalue weighted by atomic mass is 79.9. The summed E-state index contributed by atoms with van der Waals surface area (Å²) in [7, 11) is -1.09. The molecule has 0 unspecified atom stereocenters. The summed E-state index contributed by atoms with van der Waals surface area (Å²) in [6.07, 6.45) is 0. The van der Waals surface area contributed by atoms with Crippen molar-refractivity contribution in [3.8, 4) is 0 Å². The molecule has 0 bridgehead atoms. The van der Waals surface area contributed by atoms with E-state index >= 15 is 0 Å². The standard InChI is InChI=1S/C11H15BrCl2N4OSi/c1-20(2,3)5-4-19-6-18-10-7(8(12)17-18)9(13)15-11(14)16-10/h4-6H2,1-3H3. The van der Waals surface area contributed by atoms with Gasteiger partial charge in [-0.15, -0.1) is 0 Å². The zero-order chi connectivity index (χ0) is 14.9. The van der Waals surface area contributed by atoms with Crippen LogP contribution in [0, 0.1) is 0 Å². The molecule has 0 amide bonds. The van der Waals surface area contributed by atoms with Crippen LogP contribution in [0.5, 0.6) is 0 Å². The number of rotatable bonds is 5. The summed E-state index contributed by atoms with van der Waals surface area (Å²) in [5, 5.41) is 5.32. The summed E-state index contributed by atoms with van der Waals surface area (Å²) in [4.78, 5) is 8.06. The summed E-state index contributed by atoms with van der Waals surface area (Å²) < 4.78 is 7.88. The van der Waals surface area contributed by atoms with Gasteiger partial charge in [0.25, 0.3) is 0 Å². The number of aromatic nitrogens is 4. The average molecular weight is 398 g/mol. The van der Waals surface area contributed by atoms with E-state index in [0.29, 0.717) is 29.0 Å². The molecule has 2 rings (SSSR count). The Labute approximate surface area is 136 Å². The van der Waals surface area contributed by atoms with Crippen LogP contribution in [0.15, 0.2) is 4.60 Å². The first-order valence-electron chi connectivity index (χ1n) is 6.11. The van der Waals surface area contributed by atoms with Gasteiger partial charge in [0.05, 0.1) is 5.39 Å². The van der Waals surface area contributed by atoms with Crippen LogP contribution in [0.1, 0.15) is 0 Å². The Morgan fingerprint density at radius 3 is 2.60 bits per heavy atom. The van der Waals surface area contributed by atoms with Gasteiger partial charge in [0, 0.05) is 14.7 Å². The Balaban J connectivity index is 2.15. The SMILES string of the molecule is C[Si](C)(C)CCOCn1nc(Br)c2c(Cl)nc(Cl)nc21. The molecular weight excluding hydrogens is 383 g/mol. The van der Waals surface area contributed by atoms with Crippen LogP contribution < -0.4 is 0 Å². The van der Waals surface area contributed by atoms with E-state index in [9.17, 15) is 0 Å². The van der Waals surface area contributed by atoms with Crippen LogP contribution in [0.2, 0.25) is 36.1 Å². The highest BCUT2D eigenvalue weighted by Crippen LogP contribution is 2.28. The van der Waals surface area contributed by atoms with Gasteiger partial charge in [0.15, 0.2) is 5.65 Å². The molecule has 0 aromatic carbocycles. The lowest BCUT2D eigenvalue weighted by molar-refractivity contribution is 0.0810. The van der Waals surface area contributed by atoms with E-state index in [0.717, 1.165) is 6.04 Å². The van der Waals surface area contributed by atoms with Crippen molar-refractivity contribution in [2.45, 2.75) is 32.4 Å². The topological polar surface area (TPSA) is 52.8 Å². The highest BCUT2D eigenvalue weighted by Gasteiger charge is 2.16. The minimum Gasteiger partial charge on any atom is -0.359 e. The van der Waals surface area contributed by atoms with E-state index < -0.39 is 8.07 Å². The maximum absolute atomic E-state index is 6.05. The molecule has 0 N–H and O–H groups in total. The fraction of sp³-hybridized carbons (Fsp3) is 0.545. The van der Waals surface area contributed by atoms with Crippen LogP contribution in [0.3, 0.4) is 0 Å². The molecule has 0 radical (unpaired) electrons. The number of hydrogen-bond donors (Lipinski definition) is 0. The minimum atomic E-state index is -1.09. The first kappa shape index (κ1) is 16.2. The molecule has 2 aromatic heterocycles. The number of ether oxygens (including phenoxy) is 1. The van der Waals surface area contributed by atoms with Crippen molar-refractivity contribution in [3.63, 3.8) is 0 Å². The Morgan fingerprint density at radius 1 is 1.25 bits per heavy atom. The fourth-order valence-electron chi connectivity index (χ4n) is 1.58. The summed E-state index contributed by atoms with van der Waals surface area (Å²) in [5.74, 6) is 0. The van der Waals surface area contributed by atoms with Crippen molar-refractivity contribution in [1.29, 1.82) is 0 Å². The van der Waals surface area contributed by atoms with E-state index in [1.807, 2.05) is 0 Å². The Kier molecular flexibility index (Phi) is 5.07. The van der Waals surface area contributed by atoms with Crippen molar-refractivity contribution in [1.82, 2.24) is 19.7 Å². The molecule has 0 atom stereocenters. The predicted molar refractivity (Wildman–Crippen MR) is 87.1 cm³/mol. The van der Waals surface area contributed by atoms with Crippen molar-refractivity contribution < 1.29 is 4.74 Å². The summed E-state index contributed by atoms with van der Waals surface area (Å²) in [5.41, 5.74) is 0.565. The normalized spacial score (nSPS) is 12.3. The summed E-state index contributed by atoms with van der Waals surface area (Å²) >= 11 is 15.2. The van der Waals surface area contributed by atoms with Gasteiger partial charge in [-0.05, 0) is 33.6 Å². The molecule has 20 heavy (non-hydrogen) atoms. The molecule has 5 nitrogen and oxygen atoms in total. The van der Waals surface area contributed by atoms with E-state index in [-0.39, 0.29) is 10.4 Å². The zero-order valence-electron chi connectivity index (χ0n) is 11.5. The van der Waals surface area contributed by atoms with Gasteiger partial charge in [0.2, 0.25) is 5.28 Å². The first-order valence-corrected chi connectivity index (χ1v) is 11.4. The number of halogens is 3. The first-order chi connectivity index (χ1) is 9.28. The lowest BCUT2D eigenvalue weighted by atomic mass is 10.4. The number of nitrogens with zero attached hydrogens (tertiary/aromatic N) is 4. The van der Waals surface area contributed by atoms with Gasteiger partial charge in [0.1, 0.15) is 16.5 Å². The second-order valence-corrected chi connectivity index (χ2v) is 12.7. The second-order valence-electron chi connectivity index (χ2n) is 5.62. The molecule has 0 saturated carbocycles. The Morgan fingerprint density at radius 2 is 1.95 bits per heavy atom. The van der Waals surface area contributed by atoms with E-state index in [4.69, 9.17) is 27.9 Å². The van der Waals surface area contributed by atoms with Gasteiger partial charge in [-0.3, -0.25) is 0 Å². The van der Waals surface area contributed by atoms with E-state index in [1.165, 1.54) is 0 Å². The lowest BCUT2D eigenvalue weighted by Gasteiger charge is -2.15. The van der Waals surface area contributed by atoms with Crippen molar-refractivity contribution >= 4 is 58.2 Å². The Bertz CT molecular complexity index is 629. The minimum absolute atomic E-state index is 0.0956. The maximum atomic E-state index is 6.05. The molecule has 0 saturated heterocycles. The highest BCUT2D eigenvalue weighted by molar-refractivity contribution is 9.10. The molecule has 9 heteroatoms. The number of hydrogen-bond acceptors (Lipinski definition) is 4. The molecule has 0 aliphatic carbocycles. The van der Waals surface area contributed by atoms with E-state index in [1.54, 1.807) is 4.68 Å². The average Bonchev–Trinajstić information content (AvgIpc) is 2.60. The van der Waals surface area contributed by atoms with Gasteiger partial charge in [-0.25, -0.2) is 9.67 Å². The van der Waals surface area contributed by atoms with Crippen LogP contribution in [-0.4, -0.2) is 34.4 Å². The van der Waals surface area contributed by atoms with Crippen molar-refractivity contribution in [3.05, 3.63) is 15.0 Å². The monoisotopic (exact) mass is 396 g/mol. The van der Waals surface area contributed by atoms with Crippen molar-refractivity contribution in [2.24, 2.45) is 0 Å². The predicted octanol–water partition coefficient (Wildman–Crippen LogP) is 4.21. The smallest absolute Gasteiger partial charge is 0.225 e. The summed E-state index contributed by atoms with van der Waals surface area (Å²) in [6.45, 7) is 7.95. The van der Waals surface area contributed by atoms with Gasteiger partial charge in [-0.2, -0.15) is 10.1 Å². The lowest BCUT2D eigenvalue weighted by Crippen LogP contribution is -2.22. The largest absolute Gasteiger partial charge is 0.359 e. The Hall–Kier alpha value is -0.213. The molecular formula is C11H15BrCl2N4OSi. The summed E-state index contributed by atoms with van der Waals surface area (Å²) in [6, 6.07) is 1.10. The van der Waals surface area contributed by atoms with Crippen LogP contribution in [-0.2, 0) is 11.5 Å². The molecule has 0 fully saturated rings. The van der Waals surface area contributed by atoms with E-state index in [2.05, 4.69) is 50.6 Å². The third-order valence-electron chi connectivity index (χ3n) is 2.69.